The Bertz CT molecular complexity index is 1800. The van der Waals surface area contributed by atoms with Crippen LogP contribution < -0.4 is 15.8 Å². The van der Waals surface area contributed by atoms with Crippen LogP contribution in [-0.2, 0) is 28.0 Å². The Kier molecular flexibility index (Phi) is 8.70. The molecule has 0 spiro atoms. The van der Waals surface area contributed by atoms with E-state index in [4.69, 9.17) is 39.1 Å². The van der Waals surface area contributed by atoms with Crippen molar-refractivity contribution in [3.8, 4) is 5.75 Å². The number of fused-ring (bicyclic) bond motifs is 1. The molecule has 4 aromatic rings. The molecule has 5 rings (SSSR count). The van der Waals surface area contributed by atoms with E-state index >= 15 is 0 Å². The lowest BCUT2D eigenvalue weighted by atomic mass is 10.1. The zero-order valence-electron chi connectivity index (χ0n) is 22.7. The van der Waals surface area contributed by atoms with Crippen LogP contribution in [0, 0.1) is 12.3 Å². The number of hydrogen-bond donors (Lipinski definition) is 3. The lowest BCUT2D eigenvalue weighted by Crippen LogP contribution is -2.45. The number of amides is 1. The van der Waals surface area contributed by atoms with Gasteiger partial charge in [-0.05, 0) is 55.7 Å². The van der Waals surface area contributed by atoms with Gasteiger partial charge in [-0.15, -0.1) is 0 Å². The van der Waals surface area contributed by atoms with Crippen LogP contribution in [0.25, 0.3) is 10.9 Å². The van der Waals surface area contributed by atoms with Crippen molar-refractivity contribution in [2.24, 2.45) is 5.73 Å². The summed E-state index contributed by atoms with van der Waals surface area (Å²) in [5, 5.41) is 11.5. The van der Waals surface area contributed by atoms with Gasteiger partial charge in [0.15, 0.2) is 0 Å². The van der Waals surface area contributed by atoms with E-state index in [-0.39, 0.29) is 40.5 Å². The maximum atomic E-state index is 13.8. The third-order valence-corrected chi connectivity index (χ3v) is 9.99. The van der Waals surface area contributed by atoms with Crippen molar-refractivity contribution in [1.82, 2.24) is 14.6 Å². The second kappa shape index (κ2) is 12.3. The quantitative estimate of drug-likeness (QED) is 0.173. The predicted molar refractivity (Wildman–Crippen MR) is 163 cm³/mol. The van der Waals surface area contributed by atoms with Crippen molar-refractivity contribution >= 4 is 55.9 Å². The molecule has 2 heterocycles. The molecule has 12 heteroatoms. The van der Waals surface area contributed by atoms with Crippen LogP contribution in [0.5, 0.6) is 5.75 Å². The summed E-state index contributed by atoms with van der Waals surface area (Å²) in [6.45, 7) is 2.14. The Morgan fingerprint density at radius 2 is 1.93 bits per heavy atom. The molecule has 4 N–H and O–H groups in total. The van der Waals surface area contributed by atoms with Crippen molar-refractivity contribution in [2.75, 3.05) is 6.54 Å². The average Bonchev–Trinajstić information content (AvgIpc) is 3.47. The number of ether oxygens (including phenoxy) is 1. The van der Waals surface area contributed by atoms with Gasteiger partial charge in [0.1, 0.15) is 34.6 Å². The van der Waals surface area contributed by atoms with Gasteiger partial charge < -0.3 is 15.8 Å². The molecule has 1 atom stereocenters. The number of aryl methyl sites for hydroxylation is 1. The second-order valence-corrected chi connectivity index (χ2v) is 12.7. The number of hydrogen-bond acceptors (Lipinski definition) is 6. The first-order chi connectivity index (χ1) is 20.1. The fourth-order valence-electron chi connectivity index (χ4n) is 4.96. The minimum atomic E-state index is -4.16. The number of rotatable bonds is 9. The number of nitrogen functional groups attached to an aromatic ring is 1. The van der Waals surface area contributed by atoms with Gasteiger partial charge in [0.2, 0.25) is 15.9 Å². The minimum absolute atomic E-state index is 0.0565. The van der Waals surface area contributed by atoms with Crippen LogP contribution in [0.1, 0.15) is 35.2 Å². The van der Waals surface area contributed by atoms with Crippen molar-refractivity contribution < 1.29 is 17.9 Å². The highest BCUT2D eigenvalue weighted by Gasteiger charge is 2.40. The van der Waals surface area contributed by atoms with E-state index in [2.05, 4.69) is 10.3 Å². The number of amidine groups is 1. The molecule has 1 unspecified atom stereocenters. The van der Waals surface area contributed by atoms with Gasteiger partial charge in [-0.25, -0.2) is 13.4 Å². The highest BCUT2D eigenvalue weighted by atomic mass is 35.5. The van der Waals surface area contributed by atoms with Crippen LogP contribution in [0.15, 0.2) is 71.6 Å². The number of carbonyl (C=O) groups excluding carboxylic acids is 1. The zero-order valence-corrected chi connectivity index (χ0v) is 25.1. The number of carbonyl (C=O) groups is 1. The zero-order chi connectivity index (χ0) is 30.0. The fraction of sp³-hybridized carbons (Fsp3) is 0.233. The average molecular weight is 627 g/mol. The number of nitrogens with zero attached hydrogens (tertiary/aromatic N) is 2. The molecule has 1 amide bonds. The van der Waals surface area contributed by atoms with E-state index < -0.39 is 22.0 Å². The van der Waals surface area contributed by atoms with Crippen molar-refractivity contribution in [3.05, 3.63) is 99.2 Å². The van der Waals surface area contributed by atoms with E-state index in [0.717, 1.165) is 16.6 Å². The maximum absolute atomic E-state index is 13.8. The number of para-hydroxylation sites is 1. The number of aromatic nitrogens is 1. The van der Waals surface area contributed by atoms with Gasteiger partial charge in [0, 0.05) is 40.3 Å². The van der Waals surface area contributed by atoms with E-state index in [1.54, 1.807) is 30.3 Å². The molecule has 1 aliphatic heterocycles. The molecule has 9 nitrogen and oxygen atoms in total. The SMILES string of the molecule is Cc1ccc2cccc(OCc3c(Cl)ccc(S(=O)(=O)N4CCCC4C(=O)NCc4cccc(C(=N)N)c4)c3Cl)c2n1. The molecular weight excluding hydrogens is 597 g/mol. The minimum Gasteiger partial charge on any atom is -0.487 e. The van der Waals surface area contributed by atoms with Crippen LogP contribution in [-0.4, -0.2) is 42.0 Å². The summed E-state index contributed by atoms with van der Waals surface area (Å²) >= 11 is 13.1. The molecule has 1 saturated heterocycles. The molecule has 0 radical (unpaired) electrons. The Morgan fingerprint density at radius 3 is 2.71 bits per heavy atom. The molecule has 0 bridgehead atoms. The fourth-order valence-corrected chi connectivity index (χ4v) is 7.48. The number of nitrogens with one attached hydrogen (secondary N) is 2. The number of pyridine rings is 1. The summed E-state index contributed by atoms with van der Waals surface area (Å²) in [7, 11) is -4.16. The molecule has 0 saturated carbocycles. The Balaban J connectivity index is 1.35. The first-order valence-corrected chi connectivity index (χ1v) is 15.4. The van der Waals surface area contributed by atoms with Crippen molar-refractivity contribution in [3.63, 3.8) is 0 Å². The van der Waals surface area contributed by atoms with Crippen LogP contribution in [0.2, 0.25) is 10.0 Å². The Labute approximate surface area is 254 Å². The lowest BCUT2D eigenvalue weighted by molar-refractivity contribution is -0.124. The van der Waals surface area contributed by atoms with Gasteiger partial charge in [0.25, 0.3) is 0 Å². The monoisotopic (exact) mass is 625 g/mol. The Hall–Kier alpha value is -3.70. The van der Waals surface area contributed by atoms with E-state index in [1.807, 2.05) is 31.2 Å². The molecular formula is C30H29Cl2N5O4S. The standard InChI is InChI=1S/C30H29Cl2N5O4S/c1-18-10-11-20-6-3-9-25(28(20)36-18)41-17-22-23(31)12-13-26(27(22)32)42(39,40)37-14-4-8-24(37)30(38)35-16-19-5-2-7-21(15-19)29(33)34/h2-3,5-7,9-13,15,24H,4,8,14,16-17H2,1H3,(H3,33,34)(H,35,38). The summed E-state index contributed by atoms with van der Waals surface area (Å²) in [5.41, 5.74) is 8.66. The number of sulfonamides is 1. The molecule has 1 aromatic heterocycles. The second-order valence-electron chi connectivity index (χ2n) is 10.0. The van der Waals surface area contributed by atoms with E-state index in [9.17, 15) is 13.2 Å². The van der Waals surface area contributed by atoms with Gasteiger partial charge in [-0.3, -0.25) is 10.2 Å². The first kappa shape index (κ1) is 29.8. The third-order valence-electron chi connectivity index (χ3n) is 7.14. The van der Waals surface area contributed by atoms with Gasteiger partial charge in [0.05, 0.1) is 5.02 Å². The molecule has 1 fully saturated rings. The highest BCUT2D eigenvalue weighted by Crippen LogP contribution is 2.36. The molecule has 1 aliphatic rings. The van der Waals surface area contributed by atoms with Crippen LogP contribution in [0.4, 0.5) is 0 Å². The summed E-state index contributed by atoms with van der Waals surface area (Å²) in [6.07, 6.45) is 0.888. The smallest absolute Gasteiger partial charge is 0.245 e. The van der Waals surface area contributed by atoms with Crippen LogP contribution in [0.3, 0.4) is 0 Å². The first-order valence-electron chi connectivity index (χ1n) is 13.2. The number of halogens is 2. The topological polar surface area (TPSA) is 138 Å². The highest BCUT2D eigenvalue weighted by molar-refractivity contribution is 7.89. The summed E-state index contributed by atoms with van der Waals surface area (Å²) in [5.74, 6) is 0.0168. The van der Waals surface area contributed by atoms with Gasteiger partial charge >= 0.3 is 0 Å². The number of nitrogens with two attached hydrogens (primary N) is 1. The molecule has 218 valence electrons. The van der Waals surface area contributed by atoms with Crippen LogP contribution >= 0.6 is 23.2 Å². The number of benzene rings is 3. The normalized spacial score (nSPS) is 15.5. The third kappa shape index (κ3) is 6.07. The van der Waals surface area contributed by atoms with E-state index in [1.165, 1.54) is 16.4 Å². The largest absolute Gasteiger partial charge is 0.487 e. The molecule has 3 aromatic carbocycles. The maximum Gasteiger partial charge on any atom is 0.245 e. The molecule has 0 aliphatic carbocycles. The van der Waals surface area contributed by atoms with Gasteiger partial charge in [-0.2, -0.15) is 4.31 Å². The van der Waals surface area contributed by atoms with Gasteiger partial charge in [-0.1, -0.05) is 59.6 Å². The summed E-state index contributed by atoms with van der Waals surface area (Å²) in [6, 6.07) is 18.3. The predicted octanol–water partition coefficient (Wildman–Crippen LogP) is 5.18. The summed E-state index contributed by atoms with van der Waals surface area (Å²) < 4.78 is 34.9. The van der Waals surface area contributed by atoms with Crippen molar-refractivity contribution in [1.29, 1.82) is 5.41 Å². The van der Waals surface area contributed by atoms with Crippen molar-refractivity contribution in [2.45, 2.75) is 43.9 Å². The lowest BCUT2D eigenvalue weighted by Gasteiger charge is -2.24. The summed E-state index contributed by atoms with van der Waals surface area (Å²) in [4.78, 5) is 17.6. The molecule has 42 heavy (non-hydrogen) atoms. The Morgan fingerprint density at radius 1 is 1.14 bits per heavy atom. The van der Waals surface area contributed by atoms with E-state index in [0.29, 0.717) is 35.2 Å².